The Balaban J connectivity index is 1.56. The van der Waals surface area contributed by atoms with E-state index in [1.165, 1.54) is 0 Å². The number of pyridine rings is 2. The standard InChI is InChI=1S/C24H23N3O2S/c1-18-11-15-22(16-12-18)30(28,29)27-23-10-4-6-19-13-14-21(26-24(19)23)9-5-8-20-7-2-3-17-25-20/h2-4,6-7,10-17,27H,5,8-9H2,1H3. The van der Waals surface area contributed by atoms with Crippen LogP contribution in [0.25, 0.3) is 10.9 Å². The van der Waals surface area contributed by atoms with Crippen LogP contribution in [0.1, 0.15) is 23.4 Å². The zero-order valence-corrected chi connectivity index (χ0v) is 17.6. The van der Waals surface area contributed by atoms with Crippen molar-refractivity contribution in [2.45, 2.75) is 31.1 Å². The van der Waals surface area contributed by atoms with Crippen molar-refractivity contribution in [1.82, 2.24) is 9.97 Å². The number of sulfonamides is 1. The minimum atomic E-state index is -3.69. The van der Waals surface area contributed by atoms with E-state index in [-0.39, 0.29) is 4.90 Å². The van der Waals surface area contributed by atoms with E-state index in [4.69, 9.17) is 4.98 Å². The molecule has 0 aliphatic rings. The quantitative estimate of drug-likeness (QED) is 0.464. The molecule has 0 aliphatic heterocycles. The molecule has 4 rings (SSSR count). The lowest BCUT2D eigenvalue weighted by Crippen LogP contribution is -2.13. The van der Waals surface area contributed by atoms with Gasteiger partial charge in [-0.3, -0.25) is 14.7 Å². The molecule has 0 saturated carbocycles. The molecule has 2 heterocycles. The lowest BCUT2D eigenvalue weighted by atomic mass is 10.1. The first-order valence-corrected chi connectivity index (χ1v) is 11.4. The van der Waals surface area contributed by atoms with Gasteiger partial charge >= 0.3 is 0 Å². The maximum Gasteiger partial charge on any atom is 0.261 e. The van der Waals surface area contributed by atoms with E-state index in [0.717, 1.165) is 41.6 Å². The summed E-state index contributed by atoms with van der Waals surface area (Å²) >= 11 is 0. The smallest absolute Gasteiger partial charge is 0.261 e. The summed E-state index contributed by atoms with van der Waals surface area (Å²) < 4.78 is 28.4. The lowest BCUT2D eigenvalue weighted by Gasteiger charge is -2.11. The summed E-state index contributed by atoms with van der Waals surface area (Å²) in [4.78, 5) is 9.34. The zero-order valence-electron chi connectivity index (χ0n) is 16.7. The Morgan fingerprint density at radius 3 is 2.40 bits per heavy atom. The largest absolute Gasteiger partial charge is 0.277 e. The highest BCUT2D eigenvalue weighted by Crippen LogP contribution is 2.25. The second kappa shape index (κ2) is 8.63. The van der Waals surface area contributed by atoms with Gasteiger partial charge in [0.05, 0.1) is 16.1 Å². The van der Waals surface area contributed by atoms with Gasteiger partial charge in [0.25, 0.3) is 10.0 Å². The van der Waals surface area contributed by atoms with Gasteiger partial charge in [0.1, 0.15) is 0 Å². The SMILES string of the molecule is Cc1ccc(S(=O)(=O)Nc2cccc3ccc(CCCc4ccccn4)nc23)cc1. The highest BCUT2D eigenvalue weighted by atomic mass is 32.2. The Bertz CT molecular complexity index is 1250. The molecule has 0 radical (unpaired) electrons. The van der Waals surface area contributed by atoms with Crippen LogP contribution < -0.4 is 4.72 Å². The second-order valence-electron chi connectivity index (χ2n) is 7.27. The number of anilines is 1. The Hall–Kier alpha value is -3.25. The number of hydrogen-bond donors (Lipinski definition) is 1. The fraction of sp³-hybridized carbons (Fsp3) is 0.167. The van der Waals surface area contributed by atoms with Crippen LogP contribution >= 0.6 is 0 Å². The van der Waals surface area contributed by atoms with Gasteiger partial charge in [-0.25, -0.2) is 8.42 Å². The Morgan fingerprint density at radius 2 is 1.63 bits per heavy atom. The molecular formula is C24H23N3O2S. The molecule has 0 saturated heterocycles. The van der Waals surface area contributed by atoms with E-state index in [1.54, 1.807) is 36.5 Å². The van der Waals surface area contributed by atoms with E-state index in [1.807, 2.05) is 49.4 Å². The number of para-hydroxylation sites is 1. The normalized spacial score (nSPS) is 11.5. The predicted molar refractivity (Wildman–Crippen MR) is 120 cm³/mol. The van der Waals surface area contributed by atoms with Crippen LogP contribution in [0.15, 0.2) is 83.9 Å². The molecule has 0 amide bonds. The van der Waals surface area contributed by atoms with Crippen LogP contribution in [-0.4, -0.2) is 18.4 Å². The Morgan fingerprint density at radius 1 is 0.833 bits per heavy atom. The Labute approximate surface area is 176 Å². The minimum absolute atomic E-state index is 0.233. The number of aromatic nitrogens is 2. The predicted octanol–water partition coefficient (Wildman–Crippen LogP) is 4.91. The van der Waals surface area contributed by atoms with Crippen LogP contribution in [0, 0.1) is 6.92 Å². The summed E-state index contributed by atoms with van der Waals surface area (Å²) in [6, 6.07) is 22.2. The van der Waals surface area contributed by atoms with Crippen molar-refractivity contribution in [3.8, 4) is 0 Å². The van der Waals surface area contributed by atoms with E-state index in [2.05, 4.69) is 9.71 Å². The van der Waals surface area contributed by atoms with Gasteiger partial charge in [0.2, 0.25) is 0 Å². The van der Waals surface area contributed by atoms with Crippen molar-refractivity contribution in [3.05, 3.63) is 95.9 Å². The Kier molecular flexibility index (Phi) is 5.77. The number of rotatable bonds is 7. The van der Waals surface area contributed by atoms with Crippen LogP contribution in [0.2, 0.25) is 0 Å². The fourth-order valence-electron chi connectivity index (χ4n) is 3.33. The number of hydrogen-bond acceptors (Lipinski definition) is 4. The molecule has 30 heavy (non-hydrogen) atoms. The van der Waals surface area contributed by atoms with Gasteiger partial charge in [0.15, 0.2) is 0 Å². The van der Waals surface area contributed by atoms with Gasteiger partial charge in [-0.15, -0.1) is 0 Å². The molecule has 4 aromatic rings. The molecule has 2 aromatic heterocycles. The molecule has 0 aliphatic carbocycles. The monoisotopic (exact) mass is 417 g/mol. The summed E-state index contributed by atoms with van der Waals surface area (Å²) in [6.45, 7) is 1.92. The molecule has 152 valence electrons. The van der Waals surface area contributed by atoms with E-state index < -0.39 is 10.0 Å². The molecular weight excluding hydrogens is 394 g/mol. The highest BCUT2D eigenvalue weighted by molar-refractivity contribution is 7.92. The van der Waals surface area contributed by atoms with Crippen molar-refractivity contribution < 1.29 is 8.42 Å². The van der Waals surface area contributed by atoms with Crippen LogP contribution in [0.3, 0.4) is 0 Å². The summed E-state index contributed by atoms with van der Waals surface area (Å²) in [6.07, 6.45) is 4.40. The molecule has 0 bridgehead atoms. The van der Waals surface area contributed by atoms with Crippen molar-refractivity contribution in [3.63, 3.8) is 0 Å². The number of aryl methyl sites for hydroxylation is 3. The highest BCUT2D eigenvalue weighted by Gasteiger charge is 2.16. The summed E-state index contributed by atoms with van der Waals surface area (Å²) in [5, 5.41) is 0.896. The average Bonchev–Trinajstić information content (AvgIpc) is 2.75. The minimum Gasteiger partial charge on any atom is -0.277 e. The number of fused-ring (bicyclic) bond motifs is 1. The first-order chi connectivity index (χ1) is 14.5. The lowest BCUT2D eigenvalue weighted by molar-refractivity contribution is 0.601. The van der Waals surface area contributed by atoms with Crippen LogP contribution in [0.4, 0.5) is 5.69 Å². The van der Waals surface area contributed by atoms with Crippen molar-refractivity contribution in [2.24, 2.45) is 0 Å². The third-order valence-corrected chi connectivity index (χ3v) is 6.33. The molecule has 0 spiro atoms. The van der Waals surface area contributed by atoms with Crippen molar-refractivity contribution in [1.29, 1.82) is 0 Å². The van der Waals surface area contributed by atoms with Crippen molar-refractivity contribution in [2.75, 3.05) is 4.72 Å². The first kappa shape index (κ1) is 20.0. The fourth-order valence-corrected chi connectivity index (χ4v) is 4.39. The molecule has 6 heteroatoms. The van der Waals surface area contributed by atoms with E-state index >= 15 is 0 Å². The molecule has 2 aromatic carbocycles. The maximum atomic E-state index is 12.8. The van der Waals surface area contributed by atoms with Crippen LogP contribution in [0.5, 0.6) is 0 Å². The zero-order chi connectivity index (χ0) is 21.0. The van der Waals surface area contributed by atoms with Gasteiger partial charge < -0.3 is 0 Å². The number of benzene rings is 2. The average molecular weight is 418 g/mol. The molecule has 5 nitrogen and oxygen atoms in total. The third-order valence-electron chi connectivity index (χ3n) is 4.95. The number of nitrogens with one attached hydrogen (secondary N) is 1. The molecule has 0 atom stereocenters. The topological polar surface area (TPSA) is 72.0 Å². The van der Waals surface area contributed by atoms with Crippen molar-refractivity contribution >= 4 is 26.6 Å². The van der Waals surface area contributed by atoms with Crippen LogP contribution in [-0.2, 0) is 22.9 Å². The van der Waals surface area contributed by atoms with Gasteiger partial charge in [-0.05, 0) is 62.6 Å². The van der Waals surface area contributed by atoms with Gasteiger partial charge in [-0.1, -0.05) is 42.0 Å². The molecule has 1 N–H and O–H groups in total. The maximum absolute atomic E-state index is 12.8. The summed E-state index contributed by atoms with van der Waals surface area (Å²) in [7, 11) is -3.69. The molecule has 0 fully saturated rings. The number of nitrogens with zero attached hydrogens (tertiary/aromatic N) is 2. The first-order valence-electron chi connectivity index (χ1n) is 9.89. The summed E-state index contributed by atoms with van der Waals surface area (Å²) in [5.41, 5.74) is 4.14. The van der Waals surface area contributed by atoms with E-state index in [9.17, 15) is 8.42 Å². The third kappa shape index (κ3) is 4.66. The van der Waals surface area contributed by atoms with Gasteiger partial charge in [-0.2, -0.15) is 0 Å². The van der Waals surface area contributed by atoms with E-state index in [0.29, 0.717) is 11.2 Å². The van der Waals surface area contributed by atoms with Gasteiger partial charge in [0, 0.05) is 23.0 Å². The molecule has 0 unspecified atom stereocenters. The summed E-state index contributed by atoms with van der Waals surface area (Å²) in [5.74, 6) is 0. The second-order valence-corrected chi connectivity index (χ2v) is 8.96.